The maximum Gasteiger partial charge on any atom is 0.282 e. The number of piperidine rings is 1. The van der Waals surface area contributed by atoms with Crippen molar-refractivity contribution in [3.05, 3.63) is 0 Å². The summed E-state index contributed by atoms with van der Waals surface area (Å²) in [4.78, 5) is 0. The predicted molar refractivity (Wildman–Crippen MR) is 77.7 cm³/mol. The van der Waals surface area contributed by atoms with Gasteiger partial charge in [-0.05, 0) is 25.7 Å². The fraction of sp³-hybridized carbons (Fsp3) is 1.00. The van der Waals surface area contributed by atoms with Crippen LogP contribution in [0.5, 0.6) is 0 Å². The van der Waals surface area contributed by atoms with E-state index in [0.717, 1.165) is 12.8 Å². The van der Waals surface area contributed by atoms with Crippen LogP contribution in [0.4, 0.5) is 0 Å². The summed E-state index contributed by atoms with van der Waals surface area (Å²) in [5, 5.41) is 0. The molecule has 5 nitrogen and oxygen atoms in total. The highest BCUT2D eigenvalue weighted by molar-refractivity contribution is 7.86. The van der Waals surface area contributed by atoms with Crippen molar-refractivity contribution < 1.29 is 13.2 Å². The normalized spacial score (nSPS) is 20.9. The van der Waals surface area contributed by atoms with Crippen molar-refractivity contribution in [2.45, 2.75) is 32.7 Å². The first-order valence-corrected chi connectivity index (χ1v) is 8.72. The summed E-state index contributed by atoms with van der Waals surface area (Å²) >= 11 is 5.83. The van der Waals surface area contributed by atoms with Gasteiger partial charge in [0.05, 0.1) is 6.61 Å². The molecule has 1 atom stereocenters. The van der Waals surface area contributed by atoms with Gasteiger partial charge in [-0.25, -0.2) is 0 Å². The molecule has 0 aliphatic carbocycles. The van der Waals surface area contributed by atoms with E-state index in [4.69, 9.17) is 16.3 Å². The molecule has 0 aromatic rings. The number of halogens is 1. The molecular formula is C12H25ClN2O3S. The lowest BCUT2D eigenvalue weighted by Gasteiger charge is -2.36. The molecule has 1 unspecified atom stereocenters. The van der Waals surface area contributed by atoms with Crippen LogP contribution in [0.1, 0.15) is 26.7 Å². The quantitative estimate of drug-likeness (QED) is 0.670. The SMILES string of the molecule is CCN(C(C)COC)S(=O)(=O)N1CCC(CCl)CC1. The van der Waals surface area contributed by atoms with Crippen LogP contribution in [0.3, 0.4) is 0 Å². The fourth-order valence-electron chi connectivity index (χ4n) is 2.47. The first-order chi connectivity index (χ1) is 8.97. The summed E-state index contributed by atoms with van der Waals surface area (Å²) in [6.45, 7) is 5.73. The fourth-order valence-corrected chi connectivity index (χ4v) is 4.59. The molecule has 19 heavy (non-hydrogen) atoms. The second-order valence-electron chi connectivity index (χ2n) is 5.01. The summed E-state index contributed by atoms with van der Waals surface area (Å²) in [5.41, 5.74) is 0. The summed E-state index contributed by atoms with van der Waals surface area (Å²) in [6, 6.07) is -0.147. The lowest BCUT2D eigenvalue weighted by Crippen LogP contribution is -2.51. The van der Waals surface area contributed by atoms with E-state index in [-0.39, 0.29) is 6.04 Å². The molecule has 0 amide bonds. The summed E-state index contributed by atoms with van der Waals surface area (Å²) in [7, 11) is -1.80. The van der Waals surface area contributed by atoms with Crippen molar-refractivity contribution in [1.82, 2.24) is 8.61 Å². The maximum atomic E-state index is 12.6. The maximum absolute atomic E-state index is 12.6. The Kier molecular flexibility index (Phi) is 7.04. The third-order valence-corrected chi connectivity index (χ3v) is 6.29. The molecule has 1 heterocycles. The van der Waals surface area contributed by atoms with E-state index < -0.39 is 10.2 Å². The van der Waals surface area contributed by atoms with Gasteiger partial charge in [0, 0.05) is 38.7 Å². The lowest BCUT2D eigenvalue weighted by atomic mass is 10.0. The molecule has 0 bridgehead atoms. The van der Waals surface area contributed by atoms with E-state index in [1.807, 2.05) is 13.8 Å². The van der Waals surface area contributed by atoms with Gasteiger partial charge in [-0.3, -0.25) is 0 Å². The molecule has 0 radical (unpaired) electrons. The third-order valence-electron chi connectivity index (χ3n) is 3.63. The number of nitrogens with zero attached hydrogens (tertiary/aromatic N) is 2. The van der Waals surface area contributed by atoms with Crippen LogP contribution in [-0.4, -0.2) is 62.3 Å². The number of ether oxygens (including phenoxy) is 1. The zero-order valence-electron chi connectivity index (χ0n) is 12.0. The number of alkyl halides is 1. The molecule has 7 heteroatoms. The van der Waals surface area contributed by atoms with E-state index in [0.29, 0.717) is 38.0 Å². The van der Waals surface area contributed by atoms with Gasteiger partial charge in [-0.2, -0.15) is 17.0 Å². The van der Waals surface area contributed by atoms with Crippen LogP contribution >= 0.6 is 11.6 Å². The van der Waals surface area contributed by atoms with Gasteiger partial charge in [0.15, 0.2) is 0 Å². The molecule has 0 spiro atoms. The second-order valence-corrected chi connectivity index (χ2v) is 7.20. The molecular weight excluding hydrogens is 288 g/mol. The van der Waals surface area contributed by atoms with Crippen LogP contribution < -0.4 is 0 Å². The van der Waals surface area contributed by atoms with E-state index in [1.54, 1.807) is 11.4 Å². The number of methoxy groups -OCH3 is 1. The highest BCUT2D eigenvalue weighted by atomic mass is 35.5. The van der Waals surface area contributed by atoms with Gasteiger partial charge in [0.1, 0.15) is 0 Å². The van der Waals surface area contributed by atoms with E-state index in [1.165, 1.54) is 4.31 Å². The van der Waals surface area contributed by atoms with Gasteiger partial charge in [0.25, 0.3) is 10.2 Å². The molecule has 114 valence electrons. The summed E-state index contributed by atoms with van der Waals surface area (Å²) in [5.74, 6) is 1.06. The first kappa shape index (κ1) is 17.2. The van der Waals surface area contributed by atoms with Gasteiger partial charge in [-0.1, -0.05) is 6.92 Å². The summed E-state index contributed by atoms with van der Waals surface area (Å²) in [6.07, 6.45) is 1.69. The average molecular weight is 313 g/mol. The van der Waals surface area contributed by atoms with Gasteiger partial charge >= 0.3 is 0 Å². The van der Waals surface area contributed by atoms with Crippen molar-refractivity contribution in [2.75, 3.05) is 39.2 Å². The predicted octanol–water partition coefficient (Wildman–Crippen LogP) is 1.54. The Hall–Kier alpha value is 0.120. The Morgan fingerprint density at radius 2 is 2.00 bits per heavy atom. The van der Waals surface area contributed by atoms with Crippen molar-refractivity contribution in [3.63, 3.8) is 0 Å². The number of hydrogen-bond acceptors (Lipinski definition) is 3. The minimum Gasteiger partial charge on any atom is -0.383 e. The Balaban J connectivity index is 2.73. The van der Waals surface area contributed by atoms with Crippen LogP contribution in [0, 0.1) is 5.92 Å². The zero-order valence-corrected chi connectivity index (χ0v) is 13.6. The van der Waals surface area contributed by atoms with Gasteiger partial charge in [-0.15, -0.1) is 11.6 Å². The largest absolute Gasteiger partial charge is 0.383 e. The Morgan fingerprint density at radius 3 is 2.42 bits per heavy atom. The topological polar surface area (TPSA) is 49.9 Å². The smallest absolute Gasteiger partial charge is 0.282 e. The molecule has 1 aliphatic heterocycles. The van der Waals surface area contributed by atoms with Crippen LogP contribution in [0.2, 0.25) is 0 Å². The standard InChI is InChI=1S/C12H25ClN2O3S/c1-4-15(11(2)10-18-3)19(16,17)14-7-5-12(9-13)6-8-14/h11-12H,4-10H2,1-3H3. The number of rotatable bonds is 7. The van der Waals surface area contributed by atoms with Crippen molar-refractivity contribution in [2.24, 2.45) is 5.92 Å². The van der Waals surface area contributed by atoms with Gasteiger partial charge < -0.3 is 4.74 Å². The Bertz CT molecular complexity index is 356. The molecule has 0 aromatic carbocycles. The average Bonchev–Trinajstić information content (AvgIpc) is 2.39. The van der Waals surface area contributed by atoms with E-state index in [2.05, 4.69) is 0 Å². The minimum atomic E-state index is -3.38. The van der Waals surface area contributed by atoms with Crippen molar-refractivity contribution in [3.8, 4) is 0 Å². The molecule has 0 aromatic heterocycles. The lowest BCUT2D eigenvalue weighted by molar-refractivity contribution is 0.137. The zero-order chi connectivity index (χ0) is 14.5. The third kappa shape index (κ3) is 4.29. The molecule has 1 fully saturated rings. The second kappa shape index (κ2) is 7.78. The van der Waals surface area contributed by atoms with Gasteiger partial charge in [0.2, 0.25) is 0 Å². The molecule has 1 rings (SSSR count). The Labute approximate surface area is 122 Å². The minimum absolute atomic E-state index is 0.147. The highest BCUT2D eigenvalue weighted by Gasteiger charge is 2.34. The number of hydrogen-bond donors (Lipinski definition) is 0. The van der Waals surface area contributed by atoms with Crippen molar-refractivity contribution >= 4 is 21.8 Å². The molecule has 0 N–H and O–H groups in total. The molecule has 0 saturated carbocycles. The first-order valence-electron chi connectivity index (χ1n) is 6.79. The van der Waals surface area contributed by atoms with Crippen LogP contribution in [0.25, 0.3) is 0 Å². The number of likely N-dealkylation sites (N-methyl/N-ethyl adjacent to an activating group) is 1. The van der Waals surface area contributed by atoms with E-state index in [9.17, 15) is 8.42 Å². The van der Waals surface area contributed by atoms with E-state index >= 15 is 0 Å². The van der Waals surface area contributed by atoms with Crippen LogP contribution in [0.15, 0.2) is 0 Å². The molecule has 1 aliphatic rings. The monoisotopic (exact) mass is 312 g/mol. The highest BCUT2D eigenvalue weighted by Crippen LogP contribution is 2.23. The summed E-state index contributed by atoms with van der Waals surface area (Å²) < 4.78 is 33.3. The Morgan fingerprint density at radius 1 is 1.42 bits per heavy atom. The van der Waals surface area contributed by atoms with Crippen LogP contribution in [-0.2, 0) is 14.9 Å². The van der Waals surface area contributed by atoms with Crippen molar-refractivity contribution in [1.29, 1.82) is 0 Å². The molecule has 1 saturated heterocycles.